The van der Waals surface area contributed by atoms with Crippen molar-refractivity contribution in [2.45, 2.75) is 6.92 Å². The van der Waals surface area contributed by atoms with Crippen LogP contribution in [0.4, 0.5) is 0 Å². The summed E-state index contributed by atoms with van der Waals surface area (Å²) in [5.41, 5.74) is 0.845. The van der Waals surface area contributed by atoms with Crippen molar-refractivity contribution in [2.24, 2.45) is 4.99 Å². The number of carbonyl (C=O) groups is 2. The number of carbonyl (C=O) groups excluding carboxylic acids is 2. The molecule has 0 atom stereocenters. The molecule has 4 rings (SSSR count). The van der Waals surface area contributed by atoms with Crippen LogP contribution in [0.5, 0.6) is 23.0 Å². The van der Waals surface area contributed by atoms with E-state index >= 15 is 0 Å². The molecule has 1 amide bonds. The van der Waals surface area contributed by atoms with Crippen molar-refractivity contribution in [3.63, 3.8) is 0 Å². The minimum Gasteiger partial charge on any atom is -0.493 e. The van der Waals surface area contributed by atoms with Crippen molar-refractivity contribution in [3.05, 3.63) is 64.9 Å². The molecule has 0 unspecified atom stereocenters. The molecule has 174 valence electrons. The normalized spacial score (nSPS) is 15.9. The van der Waals surface area contributed by atoms with Crippen molar-refractivity contribution in [1.82, 2.24) is 5.06 Å². The standard InChI is InChI=1S/C24H21N3O7/c1-13-9-21-26-23(28)16(22(25)27(21)34-13)10-14-5-7-18(19(11-14)31-3)33-24(29)15-6-8-17(30-2)20(12-15)32-4/h5-12,25H,1-4H3/b16-10+,25-22?. The van der Waals surface area contributed by atoms with Crippen molar-refractivity contribution in [1.29, 1.82) is 5.41 Å². The lowest BCUT2D eigenvalue weighted by molar-refractivity contribution is -0.114. The van der Waals surface area contributed by atoms with Gasteiger partial charge in [-0.1, -0.05) is 6.07 Å². The topological polar surface area (TPSA) is 120 Å². The first-order valence-electron chi connectivity index (χ1n) is 10.1. The Kier molecular flexibility index (Phi) is 6.05. The molecule has 2 aliphatic heterocycles. The summed E-state index contributed by atoms with van der Waals surface area (Å²) in [5.74, 6) is 0.793. The molecule has 10 heteroatoms. The highest BCUT2D eigenvalue weighted by Gasteiger charge is 2.34. The van der Waals surface area contributed by atoms with Gasteiger partial charge in [0.25, 0.3) is 5.91 Å². The highest BCUT2D eigenvalue weighted by molar-refractivity contribution is 6.32. The number of hydrogen-bond acceptors (Lipinski definition) is 8. The lowest BCUT2D eigenvalue weighted by Crippen LogP contribution is -2.38. The van der Waals surface area contributed by atoms with Crippen LogP contribution in [0.15, 0.2) is 58.8 Å². The summed E-state index contributed by atoms with van der Waals surface area (Å²) < 4.78 is 21.3. The molecule has 2 aromatic carbocycles. The van der Waals surface area contributed by atoms with Crippen molar-refractivity contribution in [3.8, 4) is 23.0 Å². The van der Waals surface area contributed by atoms with Crippen LogP contribution in [-0.2, 0) is 9.63 Å². The van der Waals surface area contributed by atoms with Crippen LogP contribution < -0.4 is 18.9 Å². The van der Waals surface area contributed by atoms with Gasteiger partial charge in [-0.15, -0.1) is 5.06 Å². The Bertz CT molecular complexity index is 1290. The lowest BCUT2D eigenvalue weighted by Gasteiger charge is -2.23. The van der Waals surface area contributed by atoms with Crippen LogP contribution in [0.3, 0.4) is 0 Å². The number of amides is 1. The van der Waals surface area contributed by atoms with E-state index in [9.17, 15) is 9.59 Å². The van der Waals surface area contributed by atoms with Crippen molar-refractivity contribution in [2.75, 3.05) is 21.3 Å². The smallest absolute Gasteiger partial charge is 0.343 e. The van der Waals surface area contributed by atoms with Gasteiger partial charge in [0.05, 0.1) is 32.5 Å². The summed E-state index contributed by atoms with van der Waals surface area (Å²) in [6.07, 6.45) is 3.07. The molecule has 2 heterocycles. The number of benzene rings is 2. The fourth-order valence-electron chi connectivity index (χ4n) is 3.35. The number of hydrogen-bond donors (Lipinski definition) is 1. The van der Waals surface area contributed by atoms with Crippen molar-refractivity contribution >= 4 is 29.6 Å². The third-order valence-electron chi connectivity index (χ3n) is 5.00. The summed E-state index contributed by atoms with van der Waals surface area (Å²) in [5, 5.41) is 9.49. The number of hydroxylamine groups is 2. The Morgan fingerprint density at radius 1 is 1.00 bits per heavy atom. The van der Waals surface area contributed by atoms with Gasteiger partial charge in [-0.2, -0.15) is 4.99 Å². The largest absolute Gasteiger partial charge is 0.493 e. The predicted octanol–water partition coefficient (Wildman–Crippen LogP) is 3.38. The maximum Gasteiger partial charge on any atom is 0.343 e. The first-order chi connectivity index (χ1) is 16.3. The number of esters is 1. The van der Waals surface area contributed by atoms with Crippen LogP contribution in [0.1, 0.15) is 22.8 Å². The number of nitrogens with zero attached hydrogens (tertiary/aromatic N) is 2. The van der Waals surface area contributed by atoms with Gasteiger partial charge in [-0.05, 0) is 48.9 Å². The molecule has 0 aromatic heterocycles. The molecule has 0 fully saturated rings. The molecular formula is C24H21N3O7. The second-order valence-electron chi connectivity index (χ2n) is 7.19. The molecule has 10 nitrogen and oxygen atoms in total. The molecule has 2 aromatic rings. The first-order valence-corrected chi connectivity index (χ1v) is 10.1. The molecule has 1 N–H and O–H groups in total. The minimum atomic E-state index is -0.620. The quantitative estimate of drug-likeness (QED) is 0.393. The van der Waals surface area contributed by atoms with E-state index < -0.39 is 11.9 Å². The number of amidine groups is 2. The Morgan fingerprint density at radius 2 is 1.68 bits per heavy atom. The van der Waals surface area contributed by atoms with Gasteiger partial charge in [-0.3, -0.25) is 10.2 Å². The SMILES string of the molecule is COc1ccc(C(=O)Oc2ccc(/C=C3\C(=N)N4OC(C)=CC4=NC3=O)cc2OC)cc1OC. The zero-order valence-electron chi connectivity index (χ0n) is 18.9. The van der Waals surface area contributed by atoms with E-state index in [4.69, 9.17) is 29.2 Å². The van der Waals surface area contributed by atoms with Gasteiger partial charge in [0.15, 0.2) is 34.7 Å². The predicted molar refractivity (Wildman–Crippen MR) is 122 cm³/mol. The molecule has 0 saturated carbocycles. The number of fused-ring (bicyclic) bond motifs is 1. The average Bonchev–Trinajstić information content (AvgIpc) is 3.21. The molecule has 2 aliphatic rings. The average molecular weight is 463 g/mol. The highest BCUT2D eigenvalue weighted by Crippen LogP contribution is 2.32. The monoisotopic (exact) mass is 463 g/mol. The number of aliphatic imine (C=N–C) groups is 1. The Morgan fingerprint density at radius 3 is 2.38 bits per heavy atom. The van der Waals surface area contributed by atoms with E-state index in [1.807, 2.05) is 0 Å². The summed E-state index contributed by atoms with van der Waals surface area (Å²) in [4.78, 5) is 34.5. The minimum absolute atomic E-state index is 0.0453. The Labute approximate surface area is 195 Å². The second kappa shape index (κ2) is 9.10. The highest BCUT2D eigenvalue weighted by atomic mass is 16.7. The van der Waals surface area contributed by atoms with E-state index in [-0.39, 0.29) is 34.3 Å². The summed E-state index contributed by atoms with van der Waals surface area (Å²) in [6.45, 7) is 1.70. The van der Waals surface area contributed by atoms with Gasteiger partial charge < -0.3 is 23.8 Å². The zero-order valence-corrected chi connectivity index (χ0v) is 18.9. The second-order valence-corrected chi connectivity index (χ2v) is 7.19. The number of allylic oxidation sites excluding steroid dienone is 1. The fourth-order valence-corrected chi connectivity index (χ4v) is 3.35. The molecule has 0 spiro atoms. The van der Waals surface area contributed by atoms with Gasteiger partial charge in [0, 0.05) is 6.08 Å². The molecule has 0 bridgehead atoms. The summed E-state index contributed by atoms with van der Waals surface area (Å²) in [6, 6.07) is 9.42. The van der Waals surface area contributed by atoms with Crippen molar-refractivity contribution < 1.29 is 33.4 Å². The zero-order chi connectivity index (χ0) is 24.4. The molecule has 0 saturated heterocycles. The van der Waals surface area contributed by atoms with Gasteiger partial charge in [-0.25, -0.2) is 4.79 Å². The van der Waals surface area contributed by atoms with E-state index in [2.05, 4.69) is 4.99 Å². The van der Waals surface area contributed by atoms with E-state index in [0.29, 0.717) is 22.8 Å². The maximum atomic E-state index is 12.7. The first kappa shape index (κ1) is 22.6. The van der Waals surface area contributed by atoms with E-state index in [1.54, 1.807) is 37.3 Å². The summed E-state index contributed by atoms with van der Waals surface area (Å²) in [7, 11) is 4.40. The lowest BCUT2D eigenvalue weighted by atomic mass is 10.1. The Balaban J connectivity index is 1.57. The molecule has 34 heavy (non-hydrogen) atoms. The van der Waals surface area contributed by atoms with Gasteiger partial charge in [0.2, 0.25) is 0 Å². The fraction of sp³-hybridized carbons (Fsp3) is 0.167. The molecule has 0 aliphatic carbocycles. The molecule has 0 radical (unpaired) electrons. The van der Waals surface area contributed by atoms with Crippen LogP contribution in [0.25, 0.3) is 6.08 Å². The third kappa shape index (κ3) is 4.20. The van der Waals surface area contributed by atoms with Gasteiger partial charge in [0.1, 0.15) is 5.76 Å². The number of nitrogens with one attached hydrogen (secondary N) is 1. The van der Waals surface area contributed by atoms with Crippen LogP contribution in [0, 0.1) is 5.41 Å². The maximum absolute atomic E-state index is 12.7. The van der Waals surface area contributed by atoms with Crippen LogP contribution in [0.2, 0.25) is 0 Å². The van der Waals surface area contributed by atoms with E-state index in [1.165, 1.54) is 44.6 Å². The number of ether oxygens (including phenoxy) is 4. The molecular weight excluding hydrogens is 442 g/mol. The number of methoxy groups -OCH3 is 3. The number of rotatable bonds is 6. The van der Waals surface area contributed by atoms with E-state index in [0.717, 1.165) is 0 Å². The third-order valence-corrected chi connectivity index (χ3v) is 5.00. The Hall–Kier alpha value is -4.60. The van der Waals surface area contributed by atoms with Gasteiger partial charge >= 0.3 is 5.97 Å². The van der Waals surface area contributed by atoms with Crippen LogP contribution in [-0.4, -0.2) is 49.9 Å². The van der Waals surface area contributed by atoms with Crippen LogP contribution >= 0.6 is 0 Å². The summed E-state index contributed by atoms with van der Waals surface area (Å²) >= 11 is 0.